The molecule has 6 rings (SSSR count). The second-order valence-corrected chi connectivity index (χ2v) is 12.0. The first-order valence-electron chi connectivity index (χ1n) is 16.4. The third-order valence-electron chi connectivity index (χ3n) is 8.73. The van der Waals surface area contributed by atoms with Gasteiger partial charge in [-0.2, -0.15) is 0 Å². The Morgan fingerprint density at radius 3 is 1.82 bits per heavy atom. The van der Waals surface area contributed by atoms with Crippen LogP contribution in [-0.4, -0.2) is 61.1 Å². The lowest BCUT2D eigenvalue weighted by molar-refractivity contribution is -0.290. The summed E-state index contributed by atoms with van der Waals surface area (Å²) in [7, 11) is 1.62. The monoisotopic (exact) mass is 663 g/mol. The van der Waals surface area contributed by atoms with Gasteiger partial charge in [0.05, 0.1) is 50.4 Å². The fraction of sp³-hybridized carbons (Fsp3) is 0.300. The number of hydrogen-bond donors (Lipinski definition) is 0. The van der Waals surface area contributed by atoms with E-state index in [4.69, 9.17) is 28.4 Å². The number of carbonyl (C=O) groups excluding carboxylic acids is 2. The summed E-state index contributed by atoms with van der Waals surface area (Å²) >= 11 is 0. The van der Waals surface area contributed by atoms with Crippen LogP contribution in [0.15, 0.2) is 121 Å². The van der Waals surface area contributed by atoms with Crippen LogP contribution >= 0.6 is 0 Å². The fourth-order valence-corrected chi connectivity index (χ4v) is 6.06. The zero-order chi connectivity index (χ0) is 34.2. The van der Waals surface area contributed by atoms with E-state index < -0.39 is 42.5 Å². The third kappa shape index (κ3) is 7.92. The van der Waals surface area contributed by atoms with Gasteiger partial charge in [0.25, 0.3) is 11.8 Å². The summed E-state index contributed by atoms with van der Waals surface area (Å²) in [5, 5.41) is 0. The average molecular weight is 664 g/mol. The lowest BCUT2D eigenvalue weighted by Crippen LogP contribution is -2.67. The number of hydrogen-bond acceptors (Lipinski definition) is 8. The molecule has 0 N–H and O–H groups in total. The standard InChI is InChI=1S/C40H41NO8/c1-4-27(2)48-40-35(41-38(42)32-17-11-12-18-33(32)39(41)43)37(47-24-29-15-9-6-10-16-29)36(46-25-30-19-21-31(44-3)22-20-30)34(49-40)26-45-23-28-13-7-5-8-14-28/h4-22,34-37,40H,23-26H2,1-3H3/b27-4-/t34-,35-,36-,37-,40-/m1/s1. The molecule has 1 saturated heterocycles. The highest BCUT2D eigenvalue weighted by Crippen LogP contribution is 2.37. The zero-order valence-corrected chi connectivity index (χ0v) is 27.9. The van der Waals surface area contributed by atoms with Crippen LogP contribution in [0.3, 0.4) is 0 Å². The number of fused-ring (bicyclic) bond motifs is 1. The van der Waals surface area contributed by atoms with Gasteiger partial charge in [-0.3, -0.25) is 14.5 Å². The number of imide groups is 1. The molecule has 2 heterocycles. The molecule has 4 aromatic rings. The number of allylic oxidation sites excluding steroid dienone is 2. The SMILES string of the molecule is C/C=C(/C)O[C@@H]1O[C@H](COCc2ccccc2)[C@@H](OCc2ccc(OC)cc2)[C@H](OCc2ccccc2)[C@H]1N1C(=O)c2ccccc2C1=O. The molecule has 0 unspecified atom stereocenters. The molecule has 0 spiro atoms. The smallest absolute Gasteiger partial charge is 0.262 e. The summed E-state index contributed by atoms with van der Waals surface area (Å²) in [6, 6.07) is 33.0. The minimum absolute atomic E-state index is 0.136. The zero-order valence-electron chi connectivity index (χ0n) is 27.9. The molecule has 2 amide bonds. The van der Waals surface area contributed by atoms with Gasteiger partial charge in [-0.25, -0.2) is 0 Å². The van der Waals surface area contributed by atoms with Crippen molar-refractivity contribution in [1.29, 1.82) is 0 Å². The Hall–Kier alpha value is -4.80. The molecule has 4 aromatic carbocycles. The molecular weight excluding hydrogens is 622 g/mol. The normalized spacial score (nSPS) is 22.2. The minimum Gasteiger partial charge on any atom is -0.497 e. The van der Waals surface area contributed by atoms with Gasteiger partial charge in [-0.1, -0.05) is 84.9 Å². The number of rotatable bonds is 14. The summed E-state index contributed by atoms with van der Waals surface area (Å²) in [4.78, 5) is 29.3. The van der Waals surface area contributed by atoms with Crippen molar-refractivity contribution in [2.24, 2.45) is 0 Å². The Balaban J connectivity index is 1.38. The highest BCUT2D eigenvalue weighted by atomic mass is 16.7. The number of methoxy groups -OCH3 is 1. The Morgan fingerprint density at radius 2 is 1.24 bits per heavy atom. The molecular formula is C40H41NO8. The molecule has 2 aliphatic heterocycles. The molecule has 1 fully saturated rings. The van der Waals surface area contributed by atoms with Crippen LogP contribution in [-0.2, 0) is 43.5 Å². The molecule has 254 valence electrons. The Labute approximate surface area is 287 Å². The van der Waals surface area contributed by atoms with E-state index in [2.05, 4.69) is 0 Å². The first-order chi connectivity index (χ1) is 24.0. The van der Waals surface area contributed by atoms with Crippen molar-refractivity contribution >= 4 is 11.8 Å². The molecule has 0 bridgehead atoms. The van der Waals surface area contributed by atoms with E-state index in [0.717, 1.165) is 22.4 Å². The molecule has 2 aliphatic rings. The number of carbonyl (C=O) groups is 2. The van der Waals surface area contributed by atoms with Crippen LogP contribution in [0.5, 0.6) is 5.75 Å². The van der Waals surface area contributed by atoms with Crippen molar-refractivity contribution in [2.45, 2.75) is 64.3 Å². The first-order valence-corrected chi connectivity index (χ1v) is 16.4. The number of amides is 2. The van der Waals surface area contributed by atoms with Crippen molar-refractivity contribution in [2.75, 3.05) is 13.7 Å². The molecule has 0 aliphatic carbocycles. The van der Waals surface area contributed by atoms with Crippen LogP contribution in [0, 0.1) is 0 Å². The van der Waals surface area contributed by atoms with Crippen LogP contribution < -0.4 is 4.74 Å². The van der Waals surface area contributed by atoms with Gasteiger partial charge in [0, 0.05) is 0 Å². The summed E-state index contributed by atoms with van der Waals surface area (Å²) in [5.41, 5.74) is 3.46. The van der Waals surface area contributed by atoms with Crippen molar-refractivity contribution in [3.05, 3.63) is 149 Å². The number of benzene rings is 4. The second kappa shape index (κ2) is 16.1. The van der Waals surface area contributed by atoms with Gasteiger partial charge in [0.2, 0.25) is 6.29 Å². The summed E-state index contributed by atoms with van der Waals surface area (Å²) in [6.07, 6.45) is -1.61. The van der Waals surface area contributed by atoms with Crippen molar-refractivity contribution in [3.63, 3.8) is 0 Å². The predicted molar refractivity (Wildman–Crippen MR) is 183 cm³/mol. The van der Waals surface area contributed by atoms with Crippen LogP contribution in [0.1, 0.15) is 51.3 Å². The summed E-state index contributed by atoms with van der Waals surface area (Å²) in [5.74, 6) is 0.407. The maximum atomic E-state index is 14.0. The lowest BCUT2D eigenvalue weighted by Gasteiger charge is -2.48. The topological polar surface area (TPSA) is 92.8 Å². The van der Waals surface area contributed by atoms with Crippen LogP contribution in [0.4, 0.5) is 0 Å². The molecule has 0 aromatic heterocycles. The molecule has 9 heteroatoms. The molecule has 0 radical (unpaired) electrons. The third-order valence-corrected chi connectivity index (χ3v) is 8.73. The molecule has 9 nitrogen and oxygen atoms in total. The fourth-order valence-electron chi connectivity index (χ4n) is 6.06. The predicted octanol–water partition coefficient (Wildman–Crippen LogP) is 6.71. The van der Waals surface area contributed by atoms with E-state index in [0.29, 0.717) is 23.5 Å². The van der Waals surface area contributed by atoms with Crippen molar-refractivity contribution in [1.82, 2.24) is 4.90 Å². The number of nitrogens with zero attached hydrogens (tertiary/aromatic N) is 1. The molecule has 49 heavy (non-hydrogen) atoms. The maximum Gasteiger partial charge on any atom is 0.262 e. The quantitative estimate of drug-likeness (QED) is 0.109. The Bertz CT molecular complexity index is 1690. The molecule has 5 atom stereocenters. The first kappa shape index (κ1) is 34.1. The van der Waals surface area contributed by atoms with E-state index in [-0.39, 0.29) is 19.8 Å². The molecule has 0 saturated carbocycles. The van der Waals surface area contributed by atoms with Gasteiger partial charge < -0.3 is 28.4 Å². The van der Waals surface area contributed by atoms with Crippen LogP contribution in [0.2, 0.25) is 0 Å². The Morgan fingerprint density at radius 1 is 0.714 bits per heavy atom. The summed E-state index contributed by atoms with van der Waals surface area (Å²) in [6.45, 7) is 4.53. The van der Waals surface area contributed by atoms with Gasteiger partial charge in [0.1, 0.15) is 30.1 Å². The lowest BCUT2D eigenvalue weighted by atomic mass is 9.94. The van der Waals surface area contributed by atoms with Gasteiger partial charge in [0.15, 0.2) is 0 Å². The number of ether oxygens (including phenoxy) is 6. The maximum absolute atomic E-state index is 14.0. The van der Waals surface area contributed by atoms with Crippen molar-refractivity contribution in [3.8, 4) is 5.75 Å². The van der Waals surface area contributed by atoms with Gasteiger partial charge in [-0.15, -0.1) is 0 Å². The van der Waals surface area contributed by atoms with E-state index in [1.54, 1.807) is 44.4 Å². The Kier molecular flexibility index (Phi) is 11.2. The second-order valence-electron chi connectivity index (χ2n) is 12.0. The minimum atomic E-state index is -1.08. The van der Waals surface area contributed by atoms with E-state index >= 15 is 0 Å². The highest BCUT2D eigenvalue weighted by Gasteiger charge is 2.56. The van der Waals surface area contributed by atoms with E-state index in [9.17, 15) is 9.59 Å². The average Bonchev–Trinajstić information content (AvgIpc) is 3.39. The van der Waals surface area contributed by atoms with E-state index in [1.165, 1.54) is 4.90 Å². The largest absolute Gasteiger partial charge is 0.497 e. The van der Waals surface area contributed by atoms with E-state index in [1.807, 2.05) is 91.9 Å². The van der Waals surface area contributed by atoms with Crippen LogP contribution in [0.25, 0.3) is 0 Å². The summed E-state index contributed by atoms with van der Waals surface area (Å²) < 4.78 is 38.0. The van der Waals surface area contributed by atoms with Gasteiger partial charge in [-0.05, 0) is 60.9 Å². The van der Waals surface area contributed by atoms with Gasteiger partial charge >= 0.3 is 0 Å². The highest BCUT2D eigenvalue weighted by molar-refractivity contribution is 6.21. The van der Waals surface area contributed by atoms with Crippen molar-refractivity contribution < 1.29 is 38.0 Å².